The number of hydrogen-bond acceptors (Lipinski definition) is 4. The molecule has 4 atom stereocenters. The van der Waals surface area contributed by atoms with Crippen molar-refractivity contribution < 1.29 is 19.4 Å². The second-order valence-electron chi connectivity index (χ2n) is 10.5. The molecule has 0 aromatic carbocycles. The summed E-state index contributed by atoms with van der Waals surface area (Å²) in [6, 6.07) is 0. The quantitative estimate of drug-likeness (QED) is 0.313. The monoisotopic (exact) mass is 471 g/mol. The second-order valence-corrected chi connectivity index (χ2v) is 10.5. The highest BCUT2D eigenvalue weighted by Gasteiger charge is 2.48. The fourth-order valence-corrected chi connectivity index (χ4v) is 6.18. The molecule has 0 spiro atoms. The number of imidazole rings is 1. The Morgan fingerprint density at radius 1 is 1.09 bits per heavy atom. The molecule has 1 aromatic heterocycles. The predicted octanol–water partition coefficient (Wildman–Crippen LogP) is 4.97. The average molecular weight is 472 g/mol. The van der Waals surface area contributed by atoms with Crippen molar-refractivity contribution in [3.05, 3.63) is 30.4 Å². The van der Waals surface area contributed by atoms with Crippen LogP contribution in [-0.2, 0) is 16.1 Å². The zero-order valence-corrected chi connectivity index (χ0v) is 20.4. The van der Waals surface area contributed by atoms with Crippen LogP contribution in [0, 0.1) is 17.8 Å². The molecular weight excluding hydrogens is 430 g/mol. The van der Waals surface area contributed by atoms with E-state index in [1.165, 1.54) is 44.9 Å². The molecule has 7 nitrogen and oxygen atoms in total. The third-order valence-corrected chi connectivity index (χ3v) is 8.03. The van der Waals surface area contributed by atoms with E-state index >= 15 is 0 Å². The summed E-state index contributed by atoms with van der Waals surface area (Å²) >= 11 is 0. The van der Waals surface area contributed by atoms with Gasteiger partial charge in [-0.05, 0) is 43.9 Å². The van der Waals surface area contributed by atoms with E-state index in [4.69, 9.17) is 9.84 Å². The largest absolute Gasteiger partial charge is 0.481 e. The number of carboxylic acids is 1. The van der Waals surface area contributed by atoms with Crippen LogP contribution >= 0.6 is 0 Å². The van der Waals surface area contributed by atoms with Crippen LogP contribution < -0.4 is 5.32 Å². The first-order valence-electron chi connectivity index (χ1n) is 13.4. The number of aliphatic carboxylic acids is 1. The molecule has 2 aliphatic heterocycles. The number of carbonyl (C=O) groups excluding carboxylic acids is 1. The number of rotatable bonds is 13. The molecular formula is C27H41N3O4. The van der Waals surface area contributed by atoms with Gasteiger partial charge in [0.15, 0.2) is 0 Å². The highest BCUT2D eigenvalue weighted by atomic mass is 16.5. The van der Waals surface area contributed by atoms with E-state index in [0.29, 0.717) is 30.1 Å². The number of amides is 1. The van der Waals surface area contributed by atoms with Gasteiger partial charge in [0, 0.05) is 31.6 Å². The maximum Gasteiger partial charge on any atom is 0.303 e. The Hall–Kier alpha value is -2.15. The summed E-state index contributed by atoms with van der Waals surface area (Å²) < 4.78 is 8.23. The molecule has 3 heterocycles. The topological polar surface area (TPSA) is 93.4 Å². The molecule has 7 heteroatoms. The van der Waals surface area contributed by atoms with Crippen LogP contribution in [-0.4, -0.2) is 45.3 Å². The van der Waals surface area contributed by atoms with Crippen LogP contribution in [0.2, 0.25) is 0 Å². The van der Waals surface area contributed by atoms with Gasteiger partial charge < -0.3 is 19.7 Å². The van der Waals surface area contributed by atoms with Crippen molar-refractivity contribution in [2.24, 2.45) is 17.8 Å². The molecule has 2 bridgehead atoms. The van der Waals surface area contributed by atoms with Crippen LogP contribution in [0.15, 0.2) is 24.7 Å². The Kier molecular flexibility index (Phi) is 9.19. The Labute approximate surface area is 203 Å². The molecule has 0 radical (unpaired) electrons. The highest BCUT2D eigenvalue weighted by Crippen LogP contribution is 2.45. The minimum Gasteiger partial charge on any atom is -0.481 e. The van der Waals surface area contributed by atoms with Gasteiger partial charge in [0.25, 0.3) is 5.91 Å². The molecule has 34 heavy (non-hydrogen) atoms. The van der Waals surface area contributed by atoms with Gasteiger partial charge in [0.1, 0.15) is 5.69 Å². The van der Waals surface area contributed by atoms with Crippen LogP contribution in [0.4, 0.5) is 0 Å². The Bertz CT molecular complexity index is 830. The van der Waals surface area contributed by atoms with E-state index < -0.39 is 5.97 Å². The summed E-state index contributed by atoms with van der Waals surface area (Å²) in [5.41, 5.74) is 0.487. The average Bonchev–Trinajstić information content (AvgIpc) is 3.57. The summed E-state index contributed by atoms with van der Waals surface area (Å²) in [5.74, 6) is 0.888. The molecule has 4 rings (SSSR count). The lowest BCUT2D eigenvalue weighted by Gasteiger charge is -2.27. The van der Waals surface area contributed by atoms with Crippen molar-refractivity contribution in [1.29, 1.82) is 0 Å². The fourth-order valence-electron chi connectivity index (χ4n) is 6.18. The van der Waals surface area contributed by atoms with Crippen LogP contribution in [0.5, 0.6) is 0 Å². The normalized spacial score (nSPS) is 26.9. The van der Waals surface area contributed by atoms with Crippen molar-refractivity contribution in [3.63, 3.8) is 0 Å². The maximum atomic E-state index is 12.5. The van der Waals surface area contributed by atoms with Gasteiger partial charge >= 0.3 is 5.97 Å². The van der Waals surface area contributed by atoms with E-state index in [2.05, 4.69) is 16.4 Å². The number of nitrogens with zero attached hydrogens (tertiary/aromatic N) is 2. The van der Waals surface area contributed by atoms with E-state index in [1.807, 2.05) is 16.8 Å². The first kappa shape index (κ1) is 25.0. The maximum absolute atomic E-state index is 12.5. The summed E-state index contributed by atoms with van der Waals surface area (Å²) in [6.07, 6.45) is 22.6. The van der Waals surface area contributed by atoms with Crippen molar-refractivity contribution in [2.75, 3.05) is 6.54 Å². The number of allylic oxidation sites excluding steroid dienone is 2. The summed E-state index contributed by atoms with van der Waals surface area (Å²) in [7, 11) is 0. The van der Waals surface area contributed by atoms with Gasteiger partial charge in [-0.1, -0.05) is 57.1 Å². The van der Waals surface area contributed by atoms with Gasteiger partial charge in [0.2, 0.25) is 0 Å². The van der Waals surface area contributed by atoms with Crippen molar-refractivity contribution >= 4 is 11.9 Å². The van der Waals surface area contributed by atoms with Crippen molar-refractivity contribution in [2.45, 2.75) is 102 Å². The summed E-state index contributed by atoms with van der Waals surface area (Å²) in [5, 5.41) is 11.8. The molecule has 2 N–H and O–H groups in total. The van der Waals surface area contributed by atoms with Crippen LogP contribution in [0.1, 0.15) is 94.0 Å². The first-order chi connectivity index (χ1) is 16.6. The zero-order chi connectivity index (χ0) is 23.8. The lowest BCUT2D eigenvalue weighted by Crippen LogP contribution is -2.30. The molecule has 2 saturated heterocycles. The number of nitrogens with one attached hydrogen (secondary N) is 1. The molecule has 1 amide bonds. The fraction of sp³-hybridized carbons (Fsp3) is 0.741. The van der Waals surface area contributed by atoms with E-state index in [-0.39, 0.29) is 18.4 Å². The number of hydrogen-bond donors (Lipinski definition) is 2. The van der Waals surface area contributed by atoms with Gasteiger partial charge in [-0.3, -0.25) is 9.59 Å². The third-order valence-electron chi connectivity index (χ3n) is 8.03. The molecule has 188 valence electrons. The zero-order valence-electron chi connectivity index (χ0n) is 20.4. The van der Waals surface area contributed by atoms with Gasteiger partial charge in [-0.15, -0.1) is 0 Å². The lowest BCUT2D eigenvalue weighted by atomic mass is 9.77. The standard InChI is InChI=1S/C27H41N3O4/c31-26(32)13-6-2-5-12-21-22(25-15-14-24(21)34-25)17-30-18-23(29-19-30)27(33)28-16-8-7-11-20-9-3-1-4-10-20/h2,5,18-22,24-25H,1,3-4,6-17H2,(H,28,33)(H,31,32). The number of ether oxygens (including phenoxy) is 1. The number of fused-ring (bicyclic) bond motifs is 2. The van der Waals surface area contributed by atoms with Gasteiger partial charge in [-0.25, -0.2) is 4.98 Å². The summed E-state index contributed by atoms with van der Waals surface area (Å²) in [4.78, 5) is 27.6. The number of carboxylic acid groups (broad SMARTS) is 1. The van der Waals surface area contributed by atoms with E-state index in [1.54, 1.807) is 6.33 Å². The smallest absolute Gasteiger partial charge is 0.303 e. The van der Waals surface area contributed by atoms with Crippen molar-refractivity contribution in [3.8, 4) is 0 Å². The lowest BCUT2D eigenvalue weighted by molar-refractivity contribution is -0.136. The Morgan fingerprint density at radius 2 is 1.88 bits per heavy atom. The number of aromatic nitrogens is 2. The second kappa shape index (κ2) is 12.5. The van der Waals surface area contributed by atoms with Crippen molar-refractivity contribution in [1.82, 2.24) is 14.9 Å². The molecule has 1 aliphatic carbocycles. The van der Waals surface area contributed by atoms with E-state index in [0.717, 1.165) is 44.7 Å². The third kappa shape index (κ3) is 6.94. The SMILES string of the molecule is O=C(O)CCC=CCC1C2CCC(O2)C1Cn1cnc(C(=O)NCCCCC2CCCCC2)c1. The van der Waals surface area contributed by atoms with E-state index in [9.17, 15) is 9.59 Å². The van der Waals surface area contributed by atoms with Gasteiger partial charge in [0.05, 0.1) is 18.5 Å². The van der Waals surface area contributed by atoms with Gasteiger partial charge in [-0.2, -0.15) is 0 Å². The number of unbranched alkanes of at least 4 members (excludes halogenated alkanes) is 1. The van der Waals surface area contributed by atoms with Crippen LogP contribution in [0.3, 0.4) is 0 Å². The molecule has 1 aromatic rings. The Balaban J connectivity index is 1.19. The minimum atomic E-state index is -0.759. The molecule has 4 unspecified atom stereocenters. The highest BCUT2D eigenvalue weighted by molar-refractivity contribution is 5.91. The molecule has 3 fully saturated rings. The molecule has 1 saturated carbocycles. The first-order valence-corrected chi connectivity index (χ1v) is 13.4. The minimum absolute atomic E-state index is 0.0847. The Morgan fingerprint density at radius 3 is 2.68 bits per heavy atom. The van der Waals surface area contributed by atoms with Crippen LogP contribution in [0.25, 0.3) is 0 Å². The number of carbonyl (C=O) groups is 2. The molecule has 3 aliphatic rings. The summed E-state index contributed by atoms with van der Waals surface area (Å²) in [6.45, 7) is 1.52. The predicted molar refractivity (Wildman–Crippen MR) is 130 cm³/mol.